The highest BCUT2D eigenvalue weighted by molar-refractivity contribution is 7.46. The Morgan fingerprint density at radius 3 is 2.55 bits per heavy atom. The summed E-state index contributed by atoms with van der Waals surface area (Å²) in [5.41, 5.74) is 4.09. The molecule has 2 heterocycles. The van der Waals surface area contributed by atoms with Gasteiger partial charge in [0.2, 0.25) is 0 Å². The Kier molecular flexibility index (Phi) is 9.24. The monoisotopic (exact) mass is 622 g/mol. The average molecular weight is 623 g/mol. The number of carbonyl (C=O) groups excluding carboxylic acids is 1. The third-order valence-corrected chi connectivity index (χ3v) is 6.41. The Balaban J connectivity index is 1.64. The number of ether oxygens (including phenoxy) is 2. The molecule has 220 valence electrons. The summed E-state index contributed by atoms with van der Waals surface area (Å²) in [4.78, 5) is 48.4. The van der Waals surface area contributed by atoms with Crippen molar-refractivity contribution >= 4 is 36.8 Å². The second-order valence-corrected chi connectivity index (χ2v) is 10.0. The van der Waals surface area contributed by atoms with Crippen molar-refractivity contribution in [3.63, 3.8) is 0 Å². The van der Waals surface area contributed by atoms with Crippen LogP contribution in [0.25, 0.3) is 5.69 Å². The van der Waals surface area contributed by atoms with Crippen LogP contribution in [-0.2, 0) is 15.7 Å². The molecule has 0 saturated heterocycles. The second-order valence-electron chi connectivity index (χ2n) is 8.41. The highest BCUT2D eigenvalue weighted by atomic mass is 35.5. The van der Waals surface area contributed by atoms with Gasteiger partial charge < -0.3 is 30.3 Å². The lowest BCUT2D eigenvalue weighted by molar-refractivity contribution is 0.102. The molecule has 0 spiro atoms. The zero-order chi connectivity index (χ0) is 30.6. The number of rotatable bonds is 10. The molecule has 42 heavy (non-hydrogen) atoms. The lowest BCUT2D eigenvalue weighted by atomic mass is 10.1. The van der Waals surface area contributed by atoms with Crippen LogP contribution in [0.3, 0.4) is 0 Å². The van der Waals surface area contributed by atoms with Crippen LogP contribution in [0.4, 0.5) is 20.3 Å². The summed E-state index contributed by atoms with van der Waals surface area (Å²) in [5, 5.41) is 2.42. The van der Waals surface area contributed by atoms with Gasteiger partial charge in [-0.1, -0.05) is 11.6 Å². The van der Waals surface area contributed by atoms with Gasteiger partial charge in [-0.05, 0) is 43.3 Å². The van der Waals surface area contributed by atoms with Gasteiger partial charge in [-0.3, -0.25) is 18.7 Å². The molecule has 4 rings (SSSR count). The van der Waals surface area contributed by atoms with Gasteiger partial charge >= 0.3 is 7.82 Å². The highest BCUT2D eigenvalue weighted by Crippen LogP contribution is 2.37. The summed E-state index contributed by atoms with van der Waals surface area (Å²) in [5.74, 6) is -2.91. The normalized spacial score (nSPS) is 11.3. The predicted octanol–water partition coefficient (Wildman–Crippen LogP) is 4.80. The zero-order valence-electron chi connectivity index (χ0n) is 21.6. The van der Waals surface area contributed by atoms with Crippen LogP contribution in [0.1, 0.15) is 22.8 Å². The number of nitrogen functional groups attached to an aromatic ring is 1. The Bertz CT molecular complexity index is 1770. The molecule has 0 saturated carbocycles. The number of pyridine rings is 2. The molecular formula is C26H22ClF2N4O8P. The van der Waals surface area contributed by atoms with E-state index in [4.69, 9.17) is 36.6 Å². The first-order chi connectivity index (χ1) is 19.9. The van der Waals surface area contributed by atoms with E-state index >= 15 is 0 Å². The van der Waals surface area contributed by atoms with Crippen LogP contribution < -0.4 is 26.1 Å². The number of amides is 1. The standard InChI is InChI=1S/C26H22ClF2N4O8P/c1-2-39-20-8-10-33(16-4-5-17(28)14(11-16)13-40-42(36,37)38)26(35)22(20)25(34)32-15-3-6-19(18(29)12-15)41-21-7-9-31-24(30)23(21)27/h3-12H,2,13H2,1H3,(H2,30,31)(H,32,34)(H2,36,37,38). The minimum atomic E-state index is -4.90. The third kappa shape index (κ3) is 7.11. The van der Waals surface area contributed by atoms with Gasteiger partial charge in [0.15, 0.2) is 17.3 Å². The first kappa shape index (κ1) is 30.6. The molecule has 2 aromatic heterocycles. The Labute approximate surface area is 241 Å². The molecule has 0 aliphatic carbocycles. The summed E-state index contributed by atoms with van der Waals surface area (Å²) < 4.78 is 56.4. The van der Waals surface area contributed by atoms with E-state index < -0.39 is 43.1 Å². The third-order valence-electron chi connectivity index (χ3n) is 5.57. The molecule has 16 heteroatoms. The molecule has 4 aromatic rings. The molecule has 5 N–H and O–H groups in total. The largest absolute Gasteiger partial charge is 0.493 e. The number of nitrogens with one attached hydrogen (secondary N) is 1. The van der Waals surface area contributed by atoms with Gasteiger partial charge in [0.05, 0.1) is 13.2 Å². The second kappa shape index (κ2) is 12.7. The van der Waals surface area contributed by atoms with Gasteiger partial charge in [0.25, 0.3) is 11.5 Å². The Hall–Kier alpha value is -4.33. The lowest BCUT2D eigenvalue weighted by Gasteiger charge is -2.15. The molecular weight excluding hydrogens is 601 g/mol. The molecule has 12 nitrogen and oxygen atoms in total. The zero-order valence-corrected chi connectivity index (χ0v) is 23.2. The maximum Gasteiger partial charge on any atom is 0.469 e. The van der Waals surface area contributed by atoms with Crippen LogP contribution in [0.5, 0.6) is 17.2 Å². The van der Waals surface area contributed by atoms with E-state index in [0.717, 1.165) is 22.8 Å². The Morgan fingerprint density at radius 2 is 1.86 bits per heavy atom. The van der Waals surface area contributed by atoms with Gasteiger partial charge in [-0.15, -0.1) is 0 Å². The summed E-state index contributed by atoms with van der Waals surface area (Å²) in [7, 11) is -4.90. The van der Waals surface area contributed by atoms with E-state index in [1.807, 2.05) is 0 Å². The number of carbonyl (C=O) groups is 1. The van der Waals surface area contributed by atoms with Crippen molar-refractivity contribution in [2.75, 3.05) is 17.7 Å². The van der Waals surface area contributed by atoms with Gasteiger partial charge in [0, 0.05) is 41.5 Å². The fourth-order valence-electron chi connectivity index (χ4n) is 3.68. The van der Waals surface area contributed by atoms with Gasteiger partial charge in [-0.25, -0.2) is 18.3 Å². The van der Waals surface area contributed by atoms with Crippen molar-refractivity contribution in [2.45, 2.75) is 13.5 Å². The number of nitrogens with two attached hydrogens (primary N) is 1. The topological polar surface area (TPSA) is 175 Å². The van der Waals surface area contributed by atoms with E-state index in [1.165, 1.54) is 42.7 Å². The fraction of sp³-hybridized carbons (Fsp3) is 0.115. The minimum absolute atomic E-state index is 0.0107. The number of benzene rings is 2. The number of hydrogen-bond donors (Lipinski definition) is 4. The van der Waals surface area contributed by atoms with Crippen molar-refractivity contribution in [2.24, 2.45) is 0 Å². The van der Waals surface area contributed by atoms with E-state index in [-0.39, 0.29) is 51.6 Å². The molecule has 0 aliphatic rings. The number of aromatic nitrogens is 2. The van der Waals surface area contributed by atoms with Crippen molar-refractivity contribution in [3.05, 3.63) is 99.1 Å². The lowest BCUT2D eigenvalue weighted by Crippen LogP contribution is -2.29. The molecule has 2 aromatic carbocycles. The molecule has 0 atom stereocenters. The fourth-order valence-corrected chi connectivity index (χ4v) is 4.13. The maximum atomic E-state index is 14.8. The molecule has 1 amide bonds. The van der Waals surface area contributed by atoms with Crippen molar-refractivity contribution in [1.29, 1.82) is 0 Å². The number of phosphoric acid groups is 1. The average Bonchev–Trinajstić information content (AvgIpc) is 2.92. The van der Waals surface area contributed by atoms with Crippen LogP contribution >= 0.6 is 19.4 Å². The van der Waals surface area contributed by atoms with E-state index in [2.05, 4.69) is 14.8 Å². The molecule has 0 bridgehead atoms. The van der Waals surface area contributed by atoms with Crippen LogP contribution in [-0.4, -0.2) is 31.9 Å². The molecule has 0 aliphatic heterocycles. The maximum absolute atomic E-state index is 14.8. The van der Waals surface area contributed by atoms with E-state index in [9.17, 15) is 22.9 Å². The smallest absolute Gasteiger partial charge is 0.469 e. The summed E-state index contributed by atoms with van der Waals surface area (Å²) in [6, 6.07) is 9.54. The number of hydrogen-bond acceptors (Lipinski definition) is 8. The van der Waals surface area contributed by atoms with E-state index in [0.29, 0.717) is 0 Å². The summed E-state index contributed by atoms with van der Waals surface area (Å²) in [6.07, 6.45) is 2.60. The quantitative estimate of drug-likeness (QED) is 0.180. The Morgan fingerprint density at radius 1 is 1.10 bits per heavy atom. The number of anilines is 2. The van der Waals surface area contributed by atoms with Crippen molar-refractivity contribution in [3.8, 4) is 22.9 Å². The SMILES string of the molecule is CCOc1ccn(-c2ccc(F)c(COP(=O)(O)O)c2)c(=O)c1C(=O)Nc1ccc(Oc2ccnc(N)c2Cl)c(F)c1. The van der Waals surface area contributed by atoms with Crippen LogP contribution in [0, 0.1) is 11.6 Å². The molecule has 0 radical (unpaired) electrons. The minimum Gasteiger partial charge on any atom is -0.493 e. The summed E-state index contributed by atoms with van der Waals surface area (Å²) >= 11 is 6.03. The molecule has 0 unspecified atom stereocenters. The van der Waals surface area contributed by atoms with Crippen LogP contribution in [0.2, 0.25) is 5.02 Å². The van der Waals surface area contributed by atoms with Gasteiger partial charge in [-0.2, -0.15) is 0 Å². The van der Waals surface area contributed by atoms with Gasteiger partial charge in [0.1, 0.15) is 28.0 Å². The predicted molar refractivity (Wildman–Crippen MR) is 148 cm³/mol. The molecule has 0 fully saturated rings. The number of phosphoric ester groups is 1. The number of nitrogens with zero attached hydrogens (tertiary/aromatic N) is 2. The first-order valence-corrected chi connectivity index (χ1v) is 13.8. The highest BCUT2D eigenvalue weighted by Gasteiger charge is 2.22. The van der Waals surface area contributed by atoms with Crippen molar-refractivity contribution < 1.29 is 41.9 Å². The van der Waals surface area contributed by atoms with Crippen molar-refractivity contribution in [1.82, 2.24) is 9.55 Å². The van der Waals surface area contributed by atoms with Crippen LogP contribution in [0.15, 0.2) is 65.7 Å². The summed E-state index contributed by atoms with van der Waals surface area (Å²) in [6.45, 7) is 0.958. The number of halogens is 3. The van der Waals surface area contributed by atoms with E-state index in [1.54, 1.807) is 6.92 Å². The first-order valence-electron chi connectivity index (χ1n) is 11.9.